The van der Waals surface area contributed by atoms with Gasteiger partial charge in [0.2, 0.25) is 0 Å². The molecule has 0 spiro atoms. The van der Waals surface area contributed by atoms with Crippen LogP contribution in [0.3, 0.4) is 0 Å². The fraction of sp³-hybridized carbons (Fsp3) is 0.294. The Morgan fingerprint density at radius 3 is 2.68 bits per heavy atom. The van der Waals surface area contributed by atoms with Crippen LogP contribution >= 0.6 is 0 Å². The molecule has 1 aromatic carbocycles. The Hall–Kier alpha value is -2.56. The fourth-order valence-electron chi connectivity index (χ4n) is 2.09. The standard InChI is InChI=1S/C17H19N3O2/c1-22-14-9-5-12(6-10-14)11-18-17(21)15-3-2-4-16(20-15)19-13-7-8-13/h2-6,9-10,13H,7-8,11H2,1H3,(H,18,21)(H,19,20). The van der Waals surface area contributed by atoms with E-state index < -0.39 is 0 Å². The molecule has 0 atom stereocenters. The summed E-state index contributed by atoms with van der Waals surface area (Å²) in [7, 11) is 1.63. The van der Waals surface area contributed by atoms with Crippen LogP contribution in [-0.2, 0) is 6.54 Å². The summed E-state index contributed by atoms with van der Waals surface area (Å²) in [5.74, 6) is 1.39. The lowest BCUT2D eigenvalue weighted by atomic mass is 10.2. The molecule has 3 rings (SSSR count). The van der Waals surface area contributed by atoms with E-state index in [1.165, 1.54) is 12.8 Å². The zero-order chi connectivity index (χ0) is 15.4. The first-order valence-electron chi connectivity index (χ1n) is 7.39. The molecule has 1 aromatic heterocycles. The van der Waals surface area contributed by atoms with Crippen molar-refractivity contribution in [3.63, 3.8) is 0 Å². The number of rotatable bonds is 6. The Balaban J connectivity index is 1.58. The molecule has 1 fully saturated rings. The quantitative estimate of drug-likeness (QED) is 0.860. The maximum atomic E-state index is 12.2. The number of carbonyl (C=O) groups excluding carboxylic acids is 1. The average Bonchev–Trinajstić information content (AvgIpc) is 3.37. The zero-order valence-electron chi connectivity index (χ0n) is 12.5. The van der Waals surface area contributed by atoms with Crippen molar-refractivity contribution >= 4 is 11.7 Å². The van der Waals surface area contributed by atoms with Gasteiger partial charge in [-0.05, 0) is 42.7 Å². The predicted octanol–water partition coefficient (Wildman–Crippen LogP) is 2.59. The van der Waals surface area contributed by atoms with E-state index >= 15 is 0 Å². The van der Waals surface area contributed by atoms with Crippen LogP contribution in [-0.4, -0.2) is 24.0 Å². The van der Waals surface area contributed by atoms with Crippen LogP contribution < -0.4 is 15.4 Å². The van der Waals surface area contributed by atoms with E-state index in [0.29, 0.717) is 18.3 Å². The van der Waals surface area contributed by atoms with Gasteiger partial charge >= 0.3 is 0 Å². The molecule has 0 radical (unpaired) electrons. The first-order valence-corrected chi connectivity index (χ1v) is 7.39. The molecule has 1 saturated carbocycles. The van der Waals surface area contributed by atoms with Gasteiger partial charge in [-0.25, -0.2) is 4.98 Å². The van der Waals surface area contributed by atoms with Gasteiger partial charge in [-0.15, -0.1) is 0 Å². The molecule has 22 heavy (non-hydrogen) atoms. The van der Waals surface area contributed by atoms with Gasteiger partial charge in [0.05, 0.1) is 7.11 Å². The predicted molar refractivity (Wildman–Crippen MR) is 85.0 cm³/mol. The molecule has 5 heteroatoms. The average molecular weight is 297 g/mol. The van der Waals surface area contributed by atoms with Gasteiger partial charge < -0.3 is 15.4 Å². The zero-order valence-corrected chi connectivity index (χ0v) is 12.5. The Kier molecular flexibility index (Phi) is 4.23. The number of ether oxygens (including phenoxy) is 1. The van der Waals surface area contributed by atoms with E-state index in [0.717, 1.165) is 17.1 Å². The summed E-state index contributed by atoms with van der Waals surface area (Å²) < 4.78 is 5.11. The van der Waals surface area contributed by atoms with Gasteiger partial charge in [0.25, 0.3) is 5.91 Å². The van der Waals surface area contributed by atoms with Crippen LogP contribution in [0.5, 0.6) is 5.75 Å². The molecule has 0 saturated heterocycles. The number of pyridine rings is 1. The van der Waals surface area contributed by atoms with Crippen molar-refractivity contribution < 1.29 is 9.53 Å². The van der Waals surface area contributed by atoms with Crippen LogP contribution in [0.1, 0.15) is 28.9 Å². The smallest absolute Gasteiger partial charge is 0.270 e. The summed E-state index contributed by atoms with van der Waals surface area (Å²) in [6.45, 7) is 0.463. The van der Waals surface area contributed by atoms with Crippen molar-refractivity contribution in [3.05, 3.63) is 53.7 Å². The lowest BCUT2D eigenvalue weighted by molar-refractivity contribution is 0.0946. The molecule has 2 N–H and O–H groups in total. The van der Waals surface area contributed by atoms with E-state index in [9.17, 15) is 4.79 Å². The summed E-state index contributed by atoms with van der Waals surface area (Å²) in [4.78, 5) is 16.5. The van der Waals surface area contributed by atoms with Crippen LogP contribution in [0.4, 0.5) is 5.82 Å². The third kappa shape index (κ3) is 3.75. The van der Waals surface area contributed by atoms with E-state index in [1.54, 1.807) is 13.2 Å². The van der Waals surface area contributed by atoms with E-state index in [4.69, 9.17) is 4.74 Å². The summed E-state index contributed by atoms with van der Waals surface area (Å²) in [6, 6.07) is 13.6. The number of amides is 1. The summed E-state index contributed by atoms with van der Waals surface area (Å²) >= 11 is 0. The van der Waals surface area contributed by atoms with Crippen molar-refractivity contribution in [1.82, 2.24) is 10.3 Å². The molecule has 1 aliphatic carbocycles. The topological polar surface area (TPSA) is 63.2 Å². The number of nitrogens with one attached hydrogen (secondary N) is 2. The second-order valence-corrected chi connectivity index (χ2v) is 5.36. The molecule has 114 valence electrons. The lowest BCUT2D eigenvalue weighted by Crippen LogP contribution is -2.24. The highest BCUT2D eigenvalue weighted by atomic mass is 16.5. The van der Waals surface area contributed by atoms with Gasteiger partial charge in [-0.1, -0.05) is 18.2 Å². The summed E-state index contributed by atoms with van der Waals surface area (Å²) in [5.41, 5.74) is 1.44. The van der Waals surface area contributed by atoms with Gasteiger partial charge in [0, 0.05) is 12.6 Å². The van der Waals surface area contributed by atoms with Gasteiger partial charge in [0.15, 0.2) is 0 Å². The molecule has 0 bridgehead atoms. The van der Waals surface area contributed by atoms with E-state index in [1.807, 2.05) is 36.4 Å². The van der Waals surface area contributed by atoms with Crippen molar-refractivity contribution in [3.8, 4) is 5.75 Å². The van der Waals surface area contributed by atoms with Gasteiger partial charge in [-0.3, -0.25) is 4.79 Å². The molecular formula is C17H19N3O2. The SMILES string of the molecule is COc1ccc(CNC(=O)c2cccc(NC3CC3)n2)cc1. The normalized spacial score (nSPS) is 13.5. The minimum absolute atomic E-state index is 0.171. The second-order valence-electron chi connectivity index (χ2n) is 5.36. The number of hydrogen-bond acceptors (Lipinski definition) is 4. The van der Waals surface area contributed by atoms with Gasteiger partial charge in [0.1, 0.15) is 17.3 Å². The van der Waals surface area contributed by atoms with Crippen LogP contribution in [0.15, 0.2) is 42.5 Å². The summed E-state index contributed by atoms with van der Waals surface area (Å²) in [5, 5.41) is 6.17. The van der Waals surface area contributed by atoms with Crippen LogP contribution in [0.25, 0.3) is 0 Å². The Labute approximate surface area is 129 Å². The minimum atomic E-state index is -0.171. The van der Waals surface area contributed by atoms with Crippen molar-refractivity contribution in [2.45, 2.75) is 25.4 Å². The number of hydrogen-bond donors (Lipinski definition) is 2. The number of anilines is 1. The highest BCUT2D eigenvalue weighted by Crippen LogP contribution is 2.23. The molecule has 5 nitrogen and oxygen atoms in total. The van der Waals surface area contributed by atoms with E-state index in [2.05, 4.69) is 15.6 Å². The first kappa shape index (κ1) is 14.4. The number of benzene rings is 1. The minimum Gasteiger partial charge on any atom is -0.497 e. The summed E-state index contributed by atoms with van der Waals surface area (Å²) in [6.07, 6.45) is 2.35. The highest BCUT2D eigenvalue weighted by molar-refractivity contribution is 5.92. The molecule has 2 aromatic rings. The Morgan fingerprint density at radius 2 is 2.00 bits per heavy atom. The van der Waals surface area contributed by atoms with E-state index in [-0.39, 0.29) is 5.91 Å². The first-order chi connectivity index (χ1) is 10.7. The Morgan fingerprint density at radius 1 is 1.23 bits per heavy atom. The van der Waals surface area contributed by atoms with Gasteiger partial charge in [-0.2, -0.15) is 0 Å². The van der Waals surface area contributed by atoms with Crippen molar-refractivity contribution in [1.29, 1.82) is 0 Å². The number of aromatic nitrogens is 1. The van der Waals surface area contributed by atoms with Crippen molar-refractivity contribution in [2.75, 3.05) is 12.4 Å². The Bertz CT molecular complexity index is 651. The fourth-order valence-corrected chi connectivity index (χ4v) is 2.09. The molecule has 1 aliphatic rings. The maximum absolute atomic E-state index is 12.2. The number of carbonyl (C=O) groups is 1. The molecule has 0 unspecified atom stereocenters. The maximum Gasteiger partial charge on any atom is 0.270 e. The van der Waals surface area contributed by atoms with Crippen LogP contribution in [0, 0.1) is 0 Å². The molecule has 1 heterocycles. The highest BCUT2D eigenvalue weighted by Gasteiger charge is 2.21. The molecule has 0 aliphatic heterocycles. The van der Waals surface area contributed by atoms with Crippen LogP contribution in [0.2, 0.25) is 0 Å². The van der Waals surface area contributed by atoms with Crippen molar-refractivity contribution in [2.24, 2.45) is 0 Å². The molecular weight excluding hydrogens is 278 g/mol. The monoisotopic (exact) mass is 297 g/mol. The second kappa shape index (κ2) is 6.47. The molecule has 1 amide bonds. The largest absolute Gasteiger partial charge is 0.497 e. The number of methoxy groups -OCH3 is 1. The lowest BCUT2D eigenvalue weighted by Gasteiger charge is -2.08. The number of nitrogens with zero attached hydrogens (tertiary/aromatic N) is 1. The third-order valence-electron chi connectivity index (χ3n) is 3.52. The third-order valence-corrected chi connectivity index (χ3v) is 3.52.